The van der Waals surface area contributed by atoms with E-state index in [0.717, 1.165) is 12.3 Å². The molecule has 74 valence electrons. The summed E-state index contributed by atoms with van der Waals surface area (Å²) < 4.78 is 0. The molecule has 13 heavy (non-hydrogen) atoms. The standard InChI is InChI=1S/C10H18N2O/c1-3-9-11-6-10(13)12(9)8-4-7(2)5-8/h7-9,11H,3-6H2,1-2H3. The highest BCUT2D eigenvalue weighted by atomic mass is 16.2. The van der Waals surface area contributed by atoms with E-state index in [2.05, 4.69) is 24.1 Å². The van der Waals surface area contributed by atoms with Gasteiger partial charge in [-0.3, -0.25) is 10.1 Å². The zero-order valence-electron chi connectivity index (χ0n) is 8.42. The van der Waals surface area contributed by atoms with E-state index in [0.29, 0.717) is 24.7 Å². The van der Waals surface area contributed by atoms with Gasteiger partial charge >= 0.3 is 0 Å². The second kappa shape index (κ2) is 3.29. The third kappa shape index (κ3) is 1.46. The van der Waals surface area contributed by atoms with Crippen LogP contribution in [0.25, 0.3) is 0 Å². The zero-order valence-corrected chi connectivity index (χ0v) is 8.42. The molecule has 0 spiro atoms. The van der Waals surface area contributed by atoms with Crippen LogP contribution in [0.15, 0.2) is 0 Å². The number of rotatable bonds is 2. The number of carbonyl (C=O) groups excluding carboxylic acids is 1. The highest BCUT2D eigenvalue weighted by molar-refractivity contribution is 5.81. The Kier molecular flexibility index (Phi) is 2.28. The van der Waals surface area contributed by atoms with Crippen LogP contribution in [0.5, 0.6) is 0 Å². The Balaban J connectivity index is 1.99. The van der Waals surface area contributed by atoms with Crippen LogP contribution in [0, 0.1) is 5.92 Å². The van der Waals surface area contributed by atoms with Crippen molar-refractivity contribution in [1.82, 2.24) is 10.2 Å². The van der Waals surface area contributed by atoms with Gasteiger partial charge in [0.2, 0.25) is 5.91 Å². The third-order valence-corrected chi connectivity index (χ3v) is 3.24. The number of hydrogen-bond donors (Lipinski definition) is 1. The second-order valence-electron chi connectivity index (χ2n) is 4.34. The van der Waals surface area contributed by atoms with Gasteiger partial charge in [-0.05, 0) is 25.2 Å². The third-order valence-electron chi connectivity index (χ3n) is 3.24. The van der Waals surface area contributed by atoms with Crippen molar-refractivity contribution in [2.75, 3.05) is 6.54 Å². The zero-order chi connectivity index (χ0) is 9.42. The lowest BCUT2D eigenvalue weighted by atomic mass is 9.80. The monoisotopic (exact) mass is 182 g/mol. The summed E-state index contributed by atoms with van der Waals surface area (Å²) in [6, 6.07) is 0.530. The van der Waals surface area contributed by atoms with E-state index < -0.39 is 0 Å². The molecule has 2 rings (SSSR count). The van der Waals surface area contributed by atoms with Gasteiger partial charge in [-0.25, -0.2) is 0 Å². The maximum atomic E-state index is 11.5. The number of hydrogen-bond acceptors (Lipinski definition) is 2. The fourth-order valence-electron chi connectivity index (χ4n) is 2.45. The average molecular weight is 182 g/mol. The molecule has 2 fully saturated rings. The van der Waals surface area contributed by atoms with Gasteiger partial charge in [0.15, 0.2) is 0 Å². The molecular weight excluding hydrogens is 164 g/mol. The lowest BCUT2D eigenvalue weighted by Crippen LogP contribution is -2.50. The van der Waals surface area contributed by atoms with Crippen LogP contribution in [0.1, 0.15) is 33.1 Å². The topological polar surface area (TPSA) is 32.3 Å². The highest BCUT2D eigenvalue weighted by Crippen LogP contribution is 2.33. The van der Waals surface area contributed by atoms with E-state index >= 15 is 0 Å². The molecule has 1 amide bonds. The normalized spacial score (nSPS) is 39.4. The minimum Gasteiger partial charge on any atom is -0.323 e. The van der Waals surface area contributed by atoms with Crippen LogP contribution in [-0.2, 0) is 4.79 Å². The molecule has 3 nitrogen and oxygen atoms in total. The van der Waals surface area contributed by atoms with Crippen LogP contribution < -0.4 is 5.32 Å². The Hall–Kier alpha value is -0.570. The molecule has 1 saturated heterocycles. The lowest BCUT2D eigenvalue weighted by Gasteiger charge is -2.42. The van der Waals surface area contributed by atoms with Crippen molar-refractivity contribution in [2.45, 2.75) is 45.3 Å². The number of amides is 1. The predicted octanol–water partition coefficient (Wildman–Crippen LogP) is 0.953. The minimum atomic E-state index is 0.295. The first-order chi connectivity index (χ1) is 6.22. The van der Waals surface area contributed by atoms with Crippen LogP contribution in [0.4, 0.5) is 0 Å². The van der Waals surface area contributed by atoms with Crippen molar-refractivity contribution in [3.63, 3.8) is 0 Å². The first kappa shape index (κ1) is 9.00. The Bertz CT molecular complexity index is 211. The average Bonchev–Trinajstić information content (AvgIpc) is 2.41. The second-order valence-corrected chi connectivity index (χ2v) is 4.34. The molecule has 0 aromatic rings. The van der Waals surface area contributed by atoms with Gasteiger partial charge in [0.05, 0.1) is 12.7 Å². The predicted molar refractivity (Wildman–Crippen MR) is 51.1 cm³/mol. The van der Waals surface area contributed by atoms with Gasteiger partial charge in [0, 0.05) is 6.04 Å². The molecule has 1 atom stereocenters. The van der Waals surface area contributed by atoms with Gasteiger partial charge in [0.1, 0.15) is 0 Å². The molecule has 1 N–H and O–H groups in total. The van der Waals surface area contributed by atoms with Gasteiger partial charge < -0.3 is 4.90 Å². The fourth-order valence-corrected chi connectivity index (χ4v) is 2.45. The van der Waals surface area contributed by atoms with Crippen LogP contribution in [0.3, 0.4) is 0 Å². The Morgan fingerprint density at radius 2 is 2.23 bits per heavy atom. The molecule has 3 heteroatoms. The fraction of sp³-hybridized carbons (Fsp3) is 0.900. The Morgan fingerprint density at radius 3 is 2.77 bits per heavy atom. The SMILES string of the molecule is CCC1NCC(=O)N1C1CC(C)C1. The van der Waals surface area contributed by atoms with Crippen molar-refractivity contribution in [3.05, 3.63) is 0 Å². The summed E-state index contributed by atoms with van der Waals surface area (Å²) in [6.45, 7) is 4.93. The number of carbonyl (C=O) groups is 1. The summed E-state index contributed by atoms with van der Waals surface area (Å²) in [5.74, 6) is 1.11. The van der Waals surface area contributed by atoms with E-state index in [1.54, 1.807) is 0 Å². The molecule has 2 aliphatic rings. The largest absolute Gasteiger partial charge is 0.323 e. The van der Waals surface area contributed by atoms with Gasteiger partial charge in [0.25, 0.3) is 0 Å². The summed E-state index contributed by atoms with van der Waals surface area (Å²) >= 11 is 0. The van der Waals surface area contributed by atoms with Gasteiger partial charge in [-0.15, -0.1) is 0 Å². The van der Waals surface area contributed by atoms with Crippen molar-refractivity contribution >= 4 is 5.91 Å². The van der Waals surface area contributed by atoms with E-state index in [4.69, 9.17) is 0 Å². The molecule has 0 bridgehead atoms. The van der Waals surface area contributed by atoms with Gasteiger partial charge in [-0.1, -0.05) is 13.8 Å². The molecule has 1 saturated carbocycles. The molecule has 1 unspecified atom stereocenters. The summed E-state index contributed by atoms with van der Waals surface area (Å²) in [4.78, 5) is 13.6. The smallest absolute Gasteiger partial charge is 0.238 e. The van der Waals surface area contributed by atoms with E-state index in [-0.39, 0.29) is 0 Å². The maximum Gasteiger partial charge on any atom is 0.238 e. The summed E-state index contributed by atoms with van der Waals surface area (Å²) in [5, 5.41) is 3.25. The van der Waals surface area contributed by atoms with Crippen molar-refractivity contribution in [2.24, 2.45) is 5.92 Å². The van der Waals surface area contributed by atoms with Crippen LogP contribution in [-0.4, -0.2) is 29.6 Å². The molecule has 0 aromatic heterocycles. The molecule has 0 radical (unpaired) electrons. The van der Waals surface area contributed by atoms with Crippen LogP contribution in [0.2, 0.25) is 0 Å². The summed E-state index contributed by atoms with van der Waals surface area (Å²) in [7, 11) is 0. The molecule has 1 heterocycles. The van der Waals surface area contributed by atoms with E-state index in [1.807, 2.05) is 0 Å². The lowest BCUT2D eigenvalue weighted by molar-refractivity contribution is -0.133. The maximum absolute atomic E-state index is 11.5. The first-order valence-corrected chi connectivity index (χ1v) is 5.27. The van der Waals surface area contributed by atoms with Crippen LogP contribution >= 0.6 is 0 Å². The number of nitrogens with one attached hydrogen (secondary N) is 1. The van der Waals surface area contributed by atoms with Crippen molar-refractivity contribution < 1.29 is 4.79 Å². The van der Waals surface area contributed by atoms with Gasteiger partial charge in [-0.2, -0.15) is 0 Å². The summed E-state index contributed by atoms with van der Waals surface area (Å²) in [6.07, 6.45) is 3.73. The van der Waals surface area contributed by atoms with E-state index in [9.17, 15) is 4.79 Å². The molecule has 1 aliphatic carbocycles. The molecule has 0 aromatic carbocycles. The highest BCUT2D eigenvalue weighted by Gasteiger charge is 2.39. The molecular formula is C10H18N2O. The van der Waals surface area contributed by atoms with Crippen molar-refractivity contribution in [1.29, 1.82) is 0 Å². The van der Waals surface area contributed by atoms with E-state index in [1.165, 1.54) is 12.8 Å². The molecule has 1 aliphatic heterocycles. The Morgan fingerprint density at radius 1 is 1.54 bits per heavy atom. The first-order valence-electron chi connectivity index (χ1n) is 5.27. The summed E-state index contributed by atoms with van der Waals surface area (Å²) in [5.41, 5.74) is 0. The minimum absolute atomic E-state index is 0.295. The number of nitrogens with zero attached hydrogens (tertiary/aromatic N) is 1. The Labute approximate surface area is 79.5 Å². The quantitative estimate of drug-likeness (QED) is 0.689. The van der Waals surface area contributed by atoms with Crippen molar-refractivity contribution in [3.8, 4) is 0 Å².